The van der Waals surface area contributed by atoms with Gasteiger partial charge in [-0.3, -0.25) is 0 Å². The molecule has 0 saturated carbocycles. The molecule has 0 saturated heterocycles. The van der Waals surface area contributed by atoms with E-state index >= 15 is 0 Å². The molecule has 1 heterocycles. The second kappa shape index (κ2) is 4.69. The predicted molar refractivity (Wildman–Crippen MR) is 87.3 cm³/mol. The SMILES string of the molecule is N#Cc1ccc2cc(-c3nc4ccccc4s3)ccc2c1. The summed E-state index contributed by atoms with van der Waals surface area (Å²) in [7, 11) is 0. The Morgan fingerprint density at radius 1 is 0.905 bits per heavy atom. The third-order valence-corrected chi connectivity index (χ3v) is 4.60. The second-order valence-corrected chi connectivity index (χ2v) is 5.91. The molecule has 0 atom stereocenters. The first kappa shape index (κ1) is 12.1. The van der Waals surface area contributed by atoms with Gasteiger partial charge < -0.3 is 0 Å². The number of nitrogens with zero attached hydrogens (tertiary/aromatic N) is 2. The van der Waals surface area contributed by atoms with Crippen LogP contribution >= 0.6 is 11.3 Å². The lowest BCUT2D eigenvalue weighted by Gasteiger charge is -2.01. The zero-order chi connectivity index (χ0) is 14.2. The lowest BCUT2D eigenvalue weighted by atomic mass is 10.0. The summed E-state index contributed by atoms with van der Waals surface area (Å²) in [5.74, 6) is 0. The molecule has 0 bridgehead atoms. The van der Waals surface area contributed by atoms with Gasteiger partial charge in [0.2, 0.25) is 0 Å². The van der Waals surface area contributed by atoms with Crippen LogP contribution < -0.4 is 0 Å². The average Bonchev–Trinajstić information content (AvgIpc) is 2.98. The van der Waals surface area contributed by atoms with E-state index in [4.69, 9.17) is 5.26 Å². The third kappa shape index (κ3) is 2.06. The van der Waals surface area contributed by atoms with Crippen molar-refractivity contribution in [2.45, 2.75) is 0 Å². The Labute approximate surface area is 125 Å². The highest BCUT2D eigenvalue weighted by atomic mass is 32.1. The van der Waals surface area contributed by atoms with E-state index in [9.17, 15) is 0 Å². The van der Waals surface area contributed by atoms with Crippen LogP contribution in [-0.2, 0) is 0 Å². The molecule has 4 rings (SSSR count). The quantitative estimate of drug-likeness (QED) is 0.494. The molecular weight excluding hydrogens is 276 g/mol. The smallest absolute Gasteiger partial charge is 0.124 e. The molecule has 21 heavy (non-hydrogen) atoms. The lowest BCUT2D eigenvalue weighted by Crippen LogP contribution is -1.80. The normalized spacial score (nSPS) is 10.8. The van der Waals surface area contributed by atoms with Crippen LogP contribution in [0.1, 0.15) is 5.56 Å². The summed E-state index contributed by atoms with van der Waals surface area (Å²) in [5, 5.41) is 12.2. The first-order valence-electron chi connectivity index (χ1n) is 6.63. The molecule has 3 aromatic carbocycles. The van der Waals surface area contributed by atoms with E-state index in [0.29, 0.717) is 5.56 Å². The highest BCUT2D eigenvalue weighted by Crippen LogP contribution is 2.31. The van der Waals surface area contributed by atoms with Gasteiger partial charge in [-0.2, -0.15) is 5.26 Å². The van der Waals surface area contributed by atoms with Crippen LogP contribution in [0.25, 0.3) is 31.6 Å². The van der Waals surface area contributed by atoms with E-state index in [1.54, 1.807) is 11.3 Å². The van der Waals surface area contributed by atoms with E-state index in [2.05, 4.69) is 35.3 Å². The highest BCUT2D eigenvalue weighted by Gasteiger charge is 2.06. The minimum atomic E-state index is 0.690. The van der Waals surface area contributed by atoms with Gasteiger partial charge in [0.05, 0.1) is 21.8 Å². The molecule has 4 aromatic rings. The van der Waals surface area contributed by atoms with Crippen molar-refractivity contribution in [3.63, 3.8) is 0 Å². The number of para-hydroxylation sites is 1. The Bertz CT molecular complexity index is 976. The largest absolute Gasteiger partial charge is 0.236 e. The number of hydrogen-bond acceptors (Lipinski definition) is 3. The van der Waals surface area contributed by atoms with Crippen molar-refractivity contribution in [3.05, 3.63) is 66.2 Å². The van der Waals surface area contributed by atoms with Gasteiger partial charge in [0.1, 0.15) is 5.01 Å². The van der Waals surface area contributed by atoms with Gasteiger partial charge in [-0.15, -0.1) is 11.3 Å². The van der Waals surface area contributed by atoms with Crippen molar-refractivity contribution >= 4 is 32.3 Å². The zero-order valence-electron chi connectivity index (χ0n) is 11.1. The molecule has 3 heteroatoms. The number of aromatic nitrogens is 1. The van der Waals surface area contributed by atoms with Gasteiger partial charge in [0.15, 0.2) is 0 Å². The van der Waals surface area contributed by atoms with Crippen molar-refractivity contribution in [2.24, 2.45) is 0 Å². The fourth-order valence-electron chi connectivity index (χ4n) is 2.44. The van der Waals surface area contributed by atoms with Gasteiger partial charge in [-0.05, 0) is 41.1 Å². The molecule has 2 nitrogen and oxygen atoms in total. The average molecular weight is 286 g/mol. The fourth-order valence-corrected chi connectivity index (χ4v) is 3.41. The van der Waals surface area contributed by atoms with Crippen LogP contribution in [0.5, 0.6) is 0 Å². The minimum absolute atomic E-state index is 0.690. The Morgan fingerprint density at radius 2 is 1.71 bits per heavy atom. The molecule has 0 aliphatic rings. The Hall–Kier alpha value is -2.70. The predicted octanol–water partition coefficient (Wildman–Crippen LogP) is 4.99. The van der Waals surface area contributed by atoms with Crippen LogP contribution in [0.15, 0.2) is 60.7 Å². The van der Waals surface area contributed by atoms with Gasteiger partial charge in [-0.25, -0.2) is 4.98 Å². The van der Waals surface area contributed by atoms with Crippen LogP contribution in [-0.4, -0.2) is 4.98 Å². The van der Waals surface area contributed by atoms with Gasteiger partial charge in [0.25, 0.3) is 0 Å². The first-order valence-corrected chi connectivity index (χ1v) is 7.45. The van der Waals surface area contributed by atoms with Gasteiger partial charge in [0, 0.05) is 5.56 Å². The summed E-state index contributed by atoms with van der Waals surface area (Å²) < 4.78 is 1.20. The van der Waals surface area contributed by atoms with E-state index in [1.165, 1.54) is 4.70 Å². The first-order chi connectivity index (χ1) is 10.3. The Kier molecular flexibility index (Phi) is 2.70. The fraction of sp³-hybridized carbons (Fsp3) is 0. The standard InChI is InChI=1S/C18H10N2S/c19-11-12-5-6-14-10-15(8-7-13(14)9-12)18-20-16-3-1-2-4-17(16)21-18/h1-10H. The minimum Gasteiger partial charge on any atom is -0.236 e. The topological polar surface area (TPSA) is 36.7 Å². The summed E-state index contributed by atoms with van der Waals surface area (Å²) in [6, 6.07) is 22.4. The maximum absolute atomic E-state index is 8.95. The molecule has 0 aliphatic carbocycles. The van der Waals surface area contributed by atoms with Crippen LogP contribution in [0.2, 0.25) is 0 Å². The Balaban J connectivity index is 1.88. The maximum Gasteiger partial charge on any atom is 0.124 e. The molecule has 0 N–H and O–H groups in total. The highest BCUT2D eigenvalue weighted by molar-refractivity contribution is 7.21. The number of nitriles is 1. The van der Waals surface area contributed by atoms with Gasteiger partial charge in [-0.1, -0.05) is 30.3 Å². The molecule has 0 aliphatic heterocycles. The molecule has 0 spiro atoms. The maximum atomic E-state index is 8.95. The Morgan fingerprint density at radius 3 is 2.57 bits per heavy atom. The monoisotopic (exact) mass is 286 g/mol. The molecule has 0 radical (unpaired) electrons. The zero-order valence-corrected chi connectivity index (χ0v) is 11.9. The molecule has 0 amide bonds. The lowest BCUT2D eigenvalue weighted by molar-refractivity contribution is 1.48. The van der Waals surface area contributed by atoms with E-state index in [1.807, 2.05) is 36.4 Å². The van der Waals surface area contributed by atoms with Crippen molar-refractivity contribution in [1.82, 2.24) is 4.98 Å². The number of rotatable bonds is 1. The second-order valence-electron chi connectivity index (χ2n) is 4.88. The summed E-state index contributed by atoms with van der Waals surface area (Å²) in [6.45, 7) is 0. The summed E-state index contributed by atoms with van der Waals surface area (Å²) in [5.41, 5.74) is 2.85. The summed E-state index contributed by atoms with van der Waals surface area (Å²) in [4.78, 5) is 4.69. The van der Waals surface area contributed by atoms with Crippen molar-refractivity contribution in [2.75, 3.05) is 0 Å². The van der Waals surface area contributed by atoms with Crippen LogP contribution in [0.4, 0.5) is 0 Å². The van der Waals surface area contributed by atoms with Crippen molar-refractivity contribution < 1.29 is 0 Å². The number of fused-ring (bicyclic) bond motifs is 2. The molecule has 0 fully saturated rings. The third-order valence-electron chi connectivity index (χ3n) is 3.51. The van der Waals surface area contributed by atoms with E-state index < -0.39 is 0 Å². The molecule has 0 unspecified atom stereocenters. The molecular formula is C18H10N2S. The number of benzene rings is 3. The number of thiazole rings is 1. The van der Waals surface area contributed by atoms with E-state index in [-0.39, 0.29) is 0 Å². The van der Waals surface area contributed by atoms with Crippen LogP contribution in [0.3, 0.4) is 0 Å². The molecule has 1 aromatic heterocycles. The van der Waals surface area contributed by atoms with Crippen molar-refractivity contribution in [3.8, 4) is 16.6 Å². The number of hydrogen-bond donors (Lipinski definition) is 0. The van der Waals surface area contributed by atoms with Gasteiger partial charge >= 0.3 is 0 Å². The summed E-state index contributed by atoms with van der Waals surface area (Å²) in [6.07, 6.45) is 0. The molecule has 98 valence electrons. The van der Waals surface area contributed by atoms with Crippen molar-refractivity contribution in [1.29, 1.82) is 5.26 Å². The van der Waals surface area contributed by atoms with E-state index in [0.717, 1.165) is 26.9 Å². The van der Waals surface area contributed by atoms with Crippen LogP contribution in [0, 0.1) is 11.3 Å². The summed E-state index contributed by atoms with van der Waals surface area (Å²) >= 11 is 1.70.